The Bertz CT molecular complexity index is 495. The molecule has 18 heavy (non-hydrogen) atoms. The first kappa shape index (κ1) is 12.8. The molecule has 1 amide bonds. The molecule has 1 aromatic heterocycles. The predicted octanol–water partition coefficient (Wildman–Crippen LogP) is 0.717. The van der Waals surface area contributed by atoms with Crippen molar-refractivity contribution in [1.29, 1.82) is 0 Å². The molecule has 2 rings (SSSR count). The van der Waals surface area contributed by atoms with E-state index < -0.39 is 12.0 Å². The normalized spacial score (nSPS) is 23.7. The average molecular weight is 250 g/mol. The zero-order chi connectivity index (χ0) is 13.1. The molecular weight excluding hydrogens is 232 g/mol. The van der Waals surface area contributed by atoms with Gasteiger partial charge >= 0.3 is 0 Å². The van der Waals surface area contributed by atoms with Crippen LogP contribution in [0.5, 0.6) is 0 Å². The Morgan fingerprint density at radius 1 is 1.44 bits per heavy atom. The lowest BCUT2D eigenvalue weighted by molar-refractivity contribution is 0.0716. The van der Waals surface area contributed by atoms with E-state index in [1.807, 2.05) is 0 Å². The Morgan fingerprint density at radius 2 is 2.17 bits per heavy atom. The van der Waals surface area contributed by atoms with Crippen molar-refractivity contribution in [2.45, 2.75) is 44.8 Å². The molecule has 0 spiro atoms. The van der Waals surface area contributed by atoms with Crippen LogP contribution in [0.2, 0.25) is 0 Å². The van der Waals surface area contributed by atoms with Crippen LogP contribution in [0.3, 0.4) is 0 Å². The summed E-state index contributed by atoms with van der Waals surface area (Å²) >= 11 is 0. The summed E-state index contributed by atoms with van der Waals surface area (Å²) in [5.74, 6) is -0.415. The number of aromatic amines is 1. The van der Waals surface area contributed by atoms with E-state index in [-0.39, 0.29) is 17.0 Å². The number of aliphatic hydroxyl groups excluding tert-OH is 1. The Labute approximate surface area is 105 Å². The van der Waals surface area contributed by atoms with Crippen LogP contribution in [0.1, 0.15) is 41.7 Å². The van der Waals surface area contributed by atoms with E-state index in [0.29, 0.717) is 12.1 Å². The molecule has 3 N–H and O–H groups in total. The Morgan fingerprint density at radius 3 is 2.83 bits per heavy atom. The van der Waals surface area contributed by atoms with Crippen molar-refractivity contribution in [2.24, 2.45) is 0 Å². The van der Waals surface area contributed by atoms with Gasteiger partial charge in [0.05, 0.1) is 12.1 Å². The van der Waals surface area contributed by atoms with Gasteiger partial charge in [-0.2, -0.15) is 0 Å². The van der Waals surface area contributed by atoms with Crippen LogP contribution in [-0.4, -0.2) is 28.1 Å². The molecule has 0 bridgehead atoms. The number of aromatic nitrogens is 1. The first-order chi connectivity index (χ1) is 8.58. The lowest BCUT2D eigenvalue weighted by Crippen LogP contribution is -2.46. The van der Waals surface area contributed by atoms with Crippen LogP contribution in [0.4, 0.5) is 0 Å². The Kier molecular flexibility index (Phi) is 3.81. The fourth-order valence-corrected chi connectivity index (χ4v) is 2.28. The van der Waals surface area contributed by atoms with Gasteiger partial charge in [0.2, 0.25) is 0 Å². The van der Waals surface area contributed by atoms with E-state index in [1.54, 1.807) is 6.92 Å². The van der Waals surface area contributed by atoms with Crippen molar-refractivity contribution in [1.82, 2.24) is 10.3 Å². The van der Waals surface area contributed by atoms with Gasteiger partial charge in [-0.1, -0.05) is 12.8 Å². The molecule has 0 aliphatic heterocycles. The second-order valence-electron chi connectivity index (χ2n) is 4.83. The molecule has 5 nitrogen and oxygen atoms in total. The van der Waals surface area contributed by atoms with E-state index in [2.05, 4.69) is 10.3 Å². The number of amides is 1. The molecule has 1 heterocycles. The van der Waals surface area contributed by atoms with Crippen LogP contribution in [0.25, 0.3) is 0 Å². The average Bonchev–Trinajstić information content (AvgIpc) is 2.32. The van der Waals surface area contributed by atoms with Crippen molar-refractivity contribution in [3.8, 4) is 0 Å². The number of hydrogen-bond donors (Lipinski definition) is 3. The first-order valence-electron chi connectivity index (χ1n) is 6.26. The third-order valence-corrected chi connectivity index (χ3v) is 3.35. The number of carbonyl (C=O) groups excluding carboxylic acids is 1. The summed E-state index contributed by atoms with van der Waals surface area (Å²) in [6.07, 6.45) is 4.35. The van der Waals surface area contributed by atoms with Crippen molar-refractivity contribution in [3.05, 3.63) is 33.7 Å². The molecule has 0 unspecified atom stereocenters. The summed E-state index contributed by atoms with van der Waals surface area (Å²) in [5.41, 5.74) is 0.515. The van der Waals surface area contributed by atoms with Gasteiger partial charge in [-0.3, -0.25) is 9.59 Å². The van der Waals surface area contributed by atoms with Crippen molar-refractivity contribution >= 4 is 5.91 Å². The summed E-state index contributed by atoms with van der Waals surface area (Å²) in [4.78, 5) is 26.5. The zero-order valence-electron chi connectivity index (χ0n) is 10.4. The quantitative estimate of drug-likeness (QED) is 0.723. The summed E-state index contributed by atoms with van der Waals surface area (Å²) in [6.45, 7) is 1.76. The van der Waals surface area contributed by atoms with Gasteiger partial charge in [-0.05, 0) is 19.8 Å². The predicted molar refractivity (Wildman–Crippen MR) is 67.5 cm³/mol. The second-order valence-corrected chi connectivity index (χ2v) is 4.83. The van der Waals surface area contributed by atoms with Gasteiger partial charge in [0.15, 0.2) is 5.43 Å². The zero-order valence-corrected chi connectivity index (χ0v) is 10.4. The van der Waals surface area contributed by atoms with Gasteiger partial charge in [-0.25, -0.2) is 0 Å². The highest BCUT2D eigenvalue weighted by atomic mass is 16.3. The van der Waals surface area contributed by atoms with E-state index in [0.717, 1.165) is 19.3 Å². The van der Waals surface area contributed by atoms with Gasteiger partial charge in [0.25, 0.3) is 5.91 Å². The molecule has 2 atom stereocenters. The number of nitrogens with one attached hydrogen (secondary N) is 2. The lowest BCUT2D eigenvalue weighted by atomic mass is 9.92. The fourth-order valence-electron chi connectivity index (χ4n) is 2.28. The molecule has 1 saturated carbocycles. The third-order valence-electron chi connectivity index (χ3n) is 3.35. The summed E-state index contributed by atoms with van der Waals surface area (Å²) < 4.78 is 0. The standard InChI is InChI=1S/C13H18N2O3/c1-8-6-12(17)9(7-14-8)13(18)15-10-4-2-3-5-11(10)16/h6-7,10-11,16H,2-5H2,1H3,(H,14,17)(H,15,18)/t10-,11-/m1/s1. The molecule has 1 aliphatic carbocycles. The van der Waals surface area contributed by atoms with Crippen LogP contribution in [-0.2, 0) is 0 Å². The number of carbonyl (C=O) groups is 1. The number of aryl methyl sites for hydroxylation is 1. The smallest absolute Gasteiger partial charge is 0.257 e. The van der Waals surface area contributed by atoms with Crippen molar-refractivity contribution in [2.75, 3.05) is 0 Å². The minimum absolute atomic E-state index is 0.0957. The van der Waals surface area contributed by atoms with Crippen molar-refractivity contribution in [3.63, 3.8) is 0 Å². The SMILES string of the molecule is Cc1cc(=O)c(C(=O)N[C@@H]2CCCC[C@H]2O)c[nH]1. The summed E-state index contributed by atoms with van der Waals surface area (Å²) in [6, 6.07) is 1.15. The Balaban J connectivity index is 2.09. The van der Waals surface area contributed by atoms with E-state index in [9.17, 15) is 14.7 Å². The molecule has 98 valence electrons. The van der Waals surface area contributed by atoms with Gasteiger partial charge in [0.1, 0.15) is 5.56 Å². The van der Waals surface area contributed by atoms with E-state index in [1.165, 1.54) is 12.3 Å². The molecule has 5 heteroatoms. The largest absolute Gasteiger partial charge is 0.391 e. The molecule has 0 aromatic carbocycles. The van der Waals surface area contributed by atoms with E-state index in [4.69, 9.17) is 0 Å². The maximum atomic E-state index is 11.9. The highest BCUT2D eigenvalue weighted by molar-refractivity contribution is 5.94. The maximum Gasteiger partial charge on any atom is 0.257 e. The molecule has 1 fully saturated rings. The van der Waals surface area contributed by atoms with Gasteiger partial charge in [-0.15, -0.1) is 0 Å². The van der Waals surface area contributed by atoms with Crippen LogP contribution >= 0.6 is 0 Å². The fraction of sp³-hybridized carbons (Fsp3) is 0.538. The highest BCUT2D eigenvalue weighted by Crippen LogP contribution is 2.18. The van der Waals surface area contributed by atoms with E-state index >= 15 is 0 Å². The number of aliphatic hydroxyl groups is 1. The number of hydrogen-bond acceptors (Lipinski definition) is 3. The van der Waals surface area contributed by atoms with Gasteiger partial charge < -0.3 is 15.4 Å². The molecule has 1 aromatic rings. The summed E-state index contributed by atoms with van der Waals surface area (Å²) in [5, 5.41) is 12.5. The lowest BCUT2D eigenvalue weighted by Gasteiger charge is -2.28. The maximum absolute atomic E-state index is 11.9. The van der Waals surface area contributed by atoms with Gasteiger partial charge in [0, 0.05) is 18.0 Å². The number of pyridine rings is 1. The Hall–Kier alpha value is -1.62. The first-order valence-corrected chi connectivity index (χ1v) is 6.26. The number of H-pyrrole nitrogens is 1. The monoisotopic (exact) mass is 250 g/mol. The van der Waals surface area contributed by atoms with Crippen LogP contribution in [0, 0.1) is 6.92 Å². The molecule has 0 saturated heterocycles. The molecule has 0 radical (unpaired) electrons. The topological polar surface area (TPSA) is 82.2 Å². The van der Waals surface area contributed by atoms with Crippen LogP contribution < -0.4 is 10.7 Å². The molecular formula is C13H18N2O3. The van der Waals surface area contributed by atoms with Crippen molar-refractivity contribution < 1.29 is 9.90 Å². The summed E-state index contributed by atoms with van der Waals surface area (Å²) in [7, 11) is 0. The number of rotatable bonds is 2. The molecule has 1 aliphatic rings. The minimum atomic E-state index is -0.507. The minimum Gasteiger partial charge on any atom is -0.391 e. The second kappa shape index (κ2) is 5.35. The third kappa shape index (κ3) is 2.79. The van der Waals surface area contributed by atoms with Crippen LogP contribution in [0.15, 0.2) is 17.1 Å². The highest BCUT2D eigenvalue weighted by Gasteiger charge is 2.25.